The smallest absolute Gasteiger partial charge is 0.323 e. The molecule has 1 amide bonds. The maximum atomic E-state index is 13.0. The molecule has 0 saturated carbocycles. The molecule has 0 unspecified atom stereocenters. The third-order valence-electron chi connectivity index (χ3n) is 3.81. The Labute approximate surface area is 162 Å². The van der Waals surface area contributed by atoms with Crippen molar-refractivity contribution in [3.63, 3.8) is 0 Å². The Morgan fingerprint density at radius 1 is 1.00 bits per heavy atom. The first-order valence-electron chi connectivity index (χ1n) is 7.95. The first-order valence-corrected chi connectivity index (χ1v) is 8.33. The Bertz CT molecular complexity index is 796. The second-order valence-corrected chi connectivity index (χ2v) is 6.03. The van der Waals surface area contributed by atoms with Crippen molar-refractivity contribution in [2.75, 3.05) is 27.9 Å². The number of carboxylic acids is 1. The molecule has 0 radical (unpaired) electrons. The predicted octanol–water partition coefficient (Wildman–Crippen LogP) is 3.09. The number of hydrogen-bond acceptors (Lipinski definition) is 5. The van der Waals surface area contributed by atoms with E-state index in [2.05, 4.69) is 0 Å². The van der Waals surface area contributed by atoms with Crippen LogP contribution in [0.2, 0.25) is 5.02 Å². The molecule has 8 heteroatoms. The van der Waals surface area contributed by atoms with E-state index in [0.717, 1.165) is 5.56 Å². The van der Waals surface area contributed by atoms with Gasteiger partial charge in [0.05, 0.1) is 21.3 Å². The van der Waals surface area contributed by atoms with E-state index in [1.54, 1.807) is 24.3 Å². The van der Waals surface area contributed by atoms with Crippen LogP contribution in [-0.2, 0) is 11.3 Å². The average molecular weight is 394 g/mol. The summed E-state index contributed by atoms with van der Waals surface area (Å²) in [5.41, 5.74) is 0.973. The van der Waals surface area contributed by atoms with Gasteiger partial charge in [0, 0.05) is 17.1 Å². The summed E-state index contributed by atoms with van der Waals surface area (Å²) in [6, 6.07) is 9.81. The van der Waals surface area contributed by atoms with Crippen molar-refractivity contribution in [1.29, 1.82) is 0 Å². The standard InChI is InChI=1S/C19H20ClNO6/c1-25-15-8-13(9-16(26-2)18(15)27-3)19(24)21(11-17(22)23)10-12-4-6-14(20)7-5-12/h4-9H,10-11H2,1-3H3,(H,22,23). The maximum Gasteiger partial charge on any atom is 0.323 e. The molecule has 0 aromatic heterocycles. The summed E-state index contributed by atoms with van der Waals surface area (Å²) in [5.74, 6) is -0.640. The molecule has 27 heavy (non-hydrogen) atoms. The van der Waals surface area contributed by atoms with Crippen molar-refractivity contribution < 1.29 is 28.9 Å². The highest BCUT2D eigenvalue weighted by Crippen LogP contribution is 2.38. The fourth-order valence-corrected chi connectivity index (χ4v) is 2.69. The summed E-state index contributed by atoms with van der Waals surface area (Å²) in [7, 11) is 4.34. The minimum Gasteiger partial charge on any atom is -0.493 e. The van der Waals surface area contributed by atoms with Gasteiger partial charge in [-0.2, -0.15) is 0 Å². The van der Waals surface area contributed by atoms with Gasteiger partial charge in [0.15, 0.2) is 11.5 Å². The van der Waals surface area contributed by atoms with Gasteiger partial charge in [0.25, 0.3) is 5.91 Å². The van der Waals surface area contributed by atoms with Gasteiger partial charge < -0.3 is 24.2 Å². The van der Waals surface area contributed by atoms with Crippen LogP contribution < -0.4 is 14.2 Å². The number of methoxy groups -OCH3 is 3. The SMILES string of the molecule is COc1cc(C(=O)N(CC(=O)O)Cc2ccc(Cl)cc2)cc(OC)c1OC. The highest BCUT2D eigenvalue weighted by molar-refractivity contribution is 6.30. The van der Waals surface area contributed by atoms with Gasteiger partial charge in [-0.05, 0) is 29.8 Å². The number of amides is 1. The van der Waals surface area contributed by atoms with Crippen molar-refractivity contribution in [1.82, 2.24) is 4.90 Å². The number of hydrogen-bond donors (Lipinski definition) is 1. The number of rotatable bonds is 8. The number of carbonyl (C=O) groups is 2. The van der Waals surface area contributed by atoms with Gasteiger partial charge in [0.2, 0.25) is 5.75 Å². The molecule has 0 bridgehead atoms. The van der Waals surface area contributed by atoms with Gasteiger partial charge in [-0.3, -0.25) is 9.59 Å². The van der Waals surface area contributed by atoms with Gasteiger partial charge in [0.1, 0.15) is 6.54 Å². The normalized spacial score (nSPS) is 10.2. The first kappa shape index (κ1) is 20.4. The summed E-state index contributed by atoms with van der Waals surface area (Å²) in [6.07, 6.45) is 0. The largest absolute Gasteiger partial charge is 0.493 e. The minimum absolute atomic E-state index is 0.110. The van der Waals surface area contributed by atoms with E-state index in [1.165, 1.54) is 38.4 Å². The van der Waals surface area contributed by atoms with E-state index < -0.39 is 18.4 Å². The molecule has 0 saturated heterocycles. The van der Waals surface area contributed by atoms with Crippen molar-refractivity contribution in [3.05, 3.63) is 52.5 Å². The second-order valence-electron chi connectivity index (χ2n) is 5.60. The van der Waals surface area contributed by atoms with Crippen LogP contribution in [0.3, 0.4) is 0 Å². The molecule has 2 rings (SSSR count). The van der Waals surface area contributed by atoms with Gasteiger partial charge >= 0.3 is 5.97 Å². The van der Waals surface area contributed by atoms with Gasteiger partial charge in [-0.1, -0.05) is 23.7 Å². The molecule has 2 aromatic rings. The number of ether oxygens (including phenoxy) is 3. The van der Waals surface area contributed by atoms with Crippen molar-refractivity contribution in [2.24, 2.45) is 0 Å². The molecule has 0 aliphatic heterocycles. The van der Waals surface area contributed by atoms with Gasteiger partial charge in [-0.25, -0.2) is 0 Å². The Morgan fingerprint density at radius 2 is 1.56 bits per heavy atom. The van der Waals surface area contributed by atoms with Crippen LogP contribution in [0.15, 0.2) is 36.4 Å². The summed E-state index contributed by atoms with van der Waals surface area (Å²) in [6.45, 7) is -0.350. The molecular weight excluding hydrogens is 374 g/mol. The summed E-state index contributed by atoms with van der Waals surface area (Å²) in [5, 5.41) is 9.76. The van der Waals surface area contributed by atoms with Crippen molar-refractivity contribution in [3.8, 4) is 17.2 Å². The maximum absolute atomic E-state index is 13.0. The van der Waals surface area contributed by atoms with Crippen molar-refractivity contribution >= 4 is 23.5 Å². The Morgan fingerprint density at radius 3 is 2.00 bits per heavy atom. The van der Waals surface area contributed by atoms with E-state index in [4.69, 9.17) is 25.8 Å². The van der Waals surface area contributed by atoms with Crippen LogP contribution in [0, 0.1) is 0 Å². The lowest BCUT2D eigenvalue weighted by atomic mass is 10.1. The van der Waals surface area contributed by atoms with E-state index in [9.17, 15) is 14.7 Å². The summed E-state index contributed by atoms with van der Waals surface area (Å²) >= 11 is 5.87. The van der Waals surface area contributed by atoms with Crippen molar-refractivity contribution in [2.45, 2.75) is 6.54 Å². The lowest BCUT2D eigenvalue weighted by Gasteiger charge is -2.22. The van der Waals surface area contributed by atoms with E-state index in [1.807, 2.05) is 0 Å². The summed E-state index contributed by atoms with van der Waals surface area (Å²) in [4.78, 5) is 25.4. The van der Waals surface area contributed by atoms with E-state index in [0.29, 0.717) is 22.3 Å². The van der Waals surface area contributed by atoms with Crippen LogP contribution in [0.1, 0.15) is 15.9 Å². The number of benzene rings is 2. The van der Waals surface area contributed by atoms with E-state index >= 15 is 0 Å². The van der Waals surface area contributed by atoms with Crippen LogP contribution in [0.4, 0.5) is 0 Å². The fourth-order valence-electron chi connectivity index (χ4n) is 2.56. The Balaban J connectivity index is 2.39. The number of carbonyl (C=O) groups excluding carboxylic acids is 1. The number of aliphatic carboxylic acids is 1. The van der Waals surface area contributed by atoms with Crippen LogP contribution >= 0.6 is 11.6 Å². The van der Waals surface area contributed by atoms with Crippen LogP contribution in [-0.4, -0.2) is 49.8 Å². The monoisotopic (exact) mass is 393 g/mol. The third-order valence-corrected chi connectivity index (χ3v) is 4.06. The molecule has 7 nitrogen and oxygen atoms in total. The van der Waals surface area contributed by atoms with Crippen LogP contribution in [0.25, 0.3) is 0 Å². The zero-order chi connectivity index (χ0) is 20.0. The molecule has 0 atom stereocenters. The quantitative estimate of drug-likeness (QED) is 0.741. The fraction of sp³-hybridized carbons (Fsp3) is 0.263. The average Bonchev–Trinajstić information content (AvgIpc) is 2.66. The lowest BCUT2D eigenvalue weighted by Crippen LogP contribution is -2.35. The van der Waals surface area contributed by atoms with Gasteiger partial charge in [-0.15, -0.1) is 0 Å². The highest BCUT2D eigenvalue weighted by atomic mass is 35.5. The molecule has 0 aliphatic rings. The van der Waals surface area contributed by atoms with Crippen LogP contribution in [0.5, 0.6) is 17.2 Å². The Kier molecular flexibility index (Phi) is 6.90. The second kappa shape index (κ2) is 9.14. The lowest BCUT2D eigenvalue weighted by molar-refractivity contribution is -0.137. The molecule has 1 N–H and O–H groups in total. The topological polar surface area (TPSA) is 85.3 Å². The molecule has 0 aliphatic carbocycles. The molecular formula is C19H20ClNO6. The number of nitrogens with zero attached hydrogens (tertiary/aromatic N) is 1. The zero-order valence-corrected chi connectivity index (χ0v) is 15.9. The molecule has 0 fully saturated rings. The minimum atomic E-state index is -1.12. The first-order chi connectivity index (χ1) is 12.9. The Hall–Kier alpha value is -2.93. The molecule has 0 spiro atoms. The zero-order valence-electron chi connectivity index (χ0n) is 15.2. The summed E-state index contributed by atoms with van der Waals surface area (Å²) < 4.78 is 15.8. The predicted molar refractivity (Wildman–Crippen MR) is 99.9 cm³/mol. The molecule has 2 aromatic carbocycles. The molecule has 144 valence electrons. The number of carboxylic acid groups (broad SMARTS) is 1. The highest BCUT2D eigenvalue weighted by Gasteiger charge is 2.23. The van der Waals surface area contributed by atoms with E-state index in [-0.39, 0.29) is 12.1 Å². The third kappa shape index (κ3) is 5.04. The molecule has 0 heterocycles. The number of halogens is 1.